The van der Waals surface area contributed by atoms with E-state index in [2.05, 4.69) is 14.8 Å². The Kier molecular flexibility index (Phi) is 8.05. The van der Waals surface area contributed by atoms with Crippen LogP contribution in [0.15, 0.2) is 0 Å². The fraction of sp³-hybridized carbons (Fsp3) is 0.750. The van der Waals surface area contributed by atoms with E-state index in [0.29, 0.717) is 0 Å². The number of thioether (sulfide) groups is 1. The van der Waals surface area contributed by atoms with E-state index in [1.165, 1.54) is 14.2 Å². The third-order valence-corrected chi connectivity index (χ3v) is 2.92. The summed E-state index contributed by atoms with van der Waals surface area (Å²) in [6.07, 6.45) is -0.716. The minimum Gasteiger partial charge on any atom is -0.468 e. The van der Waals surface area contributed by atoms with Crippen LogP contribution in [0.5, 0.6) is 0 Å². The molecule has 0 radical (unpaired) electrons. The molecule has 1 N–H and O–H groups in total. The summed E-state index contributed by atoms with van der Waals surface area (Å²) in [6, 6.07) is -0.885. The monoisotopic (exact) mass is 307 g/mol. The lowest BCUT2D eigenvalue weighted by molar-refractivity contribution is -0.142. The Morgan fingerprint density at radius 2 is 1.75 bits per heavy atom. The van der Waals surface area contributed by atoms with Crippen LogP contribution in [0, 0.1) is 0 Å². The summed E-state index contributed by atoms with van der Waals surface area (Å²) in [5.74, 6) is -0.745. The van der Waals surface area contributed by atoms with Gasteiger partial charge in [-0.05, 0) is 20.8 Å². The number of esters is 2. The highest BCUT2D eigenvalue weighted by molar-refractivity contribution is 8.00. The summed E-state index contributed by atoms with van der Waals surface area (Å²) < 4.78 is 14.1. The molecule has 0 saturated heterocycles. The van der Waals surface area contributed by atoms with Crippen LogP contribution < -0.4 is 5.32 Å². The van der Waals surface area contributed by atoms with Gasteiger partial charge in [0, 0.05) is 5.75 Å². The first-order valence-electron chi connectivity index (χ1n) is 5.91. The molecule has 1 atom stereocenters. The Morgan fingerprint density at radius 3 is 2.20 bits per heavy atom. The average molecular weight is 307 g/mol. The molecule has 1 amide bonds. The smallest absolute Gasteiger partial charge is 0.408 e. The van der Waals surface area contributed by atoms with E-state index in [1.807, 2.05) is 0 Å². The van der Waals surface area contributed by atoms with Gasteiger partial charge in [0.25, 0.3) is 0 Å². The van der Waals surface area contributed by atoms with Crippen LogP contribution >= 0.6 is 11.8 Å². The van der Waals surface area contributed by atoms with Crippen LogP contribution in [-0.4, -0.2) is 55.4 Å². The number of nitrogens with one attached hydrogen (secondary N) is 1. The van der Waals surface area contributed by atoms with Gasteiger partial charge < -0.3 is 19.5 Å². The normalized spacial score (nSPS) is 12.2. The third-order valence-electron chi connectivity index (χ3n) is 1.91. The summed E-state index contributed by atoms with van der Waals surface area (Å²) in [5, 5.41) is 2.41. The van der Waals surface area contributed by atoms with Gasteiger partial charge in [-0.3, -0.25) is 4.79 Å². The predicted octanol–water partition coefficient (Wildman–Crippen LogP) is 0.959. The van der Waals surface area contributed by atoms with Gasteiger partial charge in [-0.15, -0.1) is 11.8 Å². The number of rotatable bonds is 6. The van der Waals surface area contributed by atoms with Crippen molar-refractivity contribution in [3.63, 3.8) is 0 Å². The zero-order valence-electron chi connectivity index (χ0n) is 12.3. The molecular formula is C12H21NO6S. The molecule has 8 heteroatoms. The van der Waals surface area contributed by atoms with Crippen molar-refractivity contribution >= 4 is 29.8 Å². The Hall–Kier alpha value is -1.44. The molecule has 0 aliphatic carbocycles. The Labute approximate surface area is 122 Å². The molecule has 116 valence electrons. The zero-order chi connectivity index (χ0) is 15.8. The zero-order valence-corrected chi connectivity index (χ0v) is 13.2. The maximum absolute atomic E-state index is 11.6. The molecular weight excluding hydrogens is 286 g/mol. The van der Waals surface area contributed by atoms with Crippen LogP contribution in [0.25, 0.3) is 0 Å². The van der Waals surface area contributed by atoms with Crippen LogP contribution in [0.3, 0.4) is 0 Å². The van der Waals surface area contributed by atoms with E-state index >= 15 is 0 Å². The van der Waals surface area contributed by atoms with Gasteiger partial charge in [0.05, 0.1) is 20.0 Å². The summed E-state index contributed by atoms with van der Waals surface area (Å²) in [5.41, 5.74) is -0.663. The number of ether oxygens (including phenoxy) is 3. The molecule has 0 aromatic heterocycles. The first-order valence-corrected chi connectivity index (χ1v) is 7.07. The fourth-order valence-electron chi connectivity index (χ4n) is 1.08. The first-order chi connectivity index (χ1) is 9.19. The second-order valence-corrected chi connectivity index (χ2v) is 5.84. The molecule has 0 bridgehead atoms. The van der Waals surface area contributed by atoms with Gasteiger partial charge in [0.2, 0.25) is 0 Å². The van der Waals surface area contributed by atoms with E-state index in [0.717, 1.165) is 11.8 Å². The largest absolute Gasteiger partial charge is 0.468 e. The number of alkyl carbamates (subject to hydrolysis) is 1. The Bertz CT molecular complexity index is 352. The SMILES string of the molecule is COC(=O)CSC[C@H](NC(=O)OC(C)(C)C)C(=O)OC. The van der Waals surface area contributed by atoms with Crippen molar-refractivity contribution in [2.75, 3.05) is 25.7 Å². The summed E-state index contributed by atoms with van der Waals surface area (Å²) in [4.78, 5) is 34.1. The molecule has 0 saturated carbocycles. The van der Waals surface area contributed by atoms with Crippen LogP contribution in [-0.2, 0) is 23.8 Å². The third kappa shape index (κ3) is 8.63. The highest BCUT2D eigenvalue weighted by Crippen LogP contribution is 2.09. The second kappa shape index (κ2) is 8.68. The Balaban J connectivity index is 4.39. The molecule has 0 heterocycles. The number of hydrogen-bond donors (Lipinski definition) is 1. The lowest BCUT2D eigenvalue weighted by Gasteiger charge is -2.22. The van der Waals surface area contributed by atoms with Gasteiger partial charge in [-0.1, -0.05) is 0 Å². The number of carbonyl (C=O) groups excluding carboxylic acids is 3. The van der Waals surface area contributed by atoms with E-state index < -0.39 is 29.7 Å². The fourth-order valence-corrected chi connectivity index (χ4v) is 1.94. The molecule has 0 aromatic rings. The van der Waals surface area contributed by atoms with Gasteiger partial charge in [0.1, 0.15) is 11.6 Å². The summed E-state index contributed by atoms with van der Waals surface area (Å²) >= 11 is 1.15. The van der Waals surface area contributed by atoms with Crippen molar-refractivity contribution < 1.29 is 28.6 Å². The quantitative estimate of drug-likeness (QED) is 0.577. The standard InChI is InChI=1S/C12H21NO6S/c1-12(2,3)19-11(16)13-8(10(15)18-5)6-20-7-9(14)17-4/h8H,6-7H2,1-5H3,(H,13,16)/t8-/m0/s1. The van der Waals surface area contributed by atoms with Crippen LogP contribution in [0.4, 0.5) is 4.79 Å². The number of methoxy groups -OCH3 is 2. The predicted molar refractivity (Wildman–Crippen MR) is 74.5 cm³/mol. The maximum atomic E-state index is 11.6. The van der Waals surface area contributed by atoms with Gasteiger partial charge in [-0.2, -0.15) is 0 Å². The number of hydrogen-bond acceptors (Lipinski definition) is 7. The minimum atomic E-state index is -0.885. The maximum Gasteiger partial charge on any atom is 0.408 e. The molecule has 0 fully saturated rings. The summed E-state index contributed by atoms with van der Waals surface area (Å²) in [7, 11) is 2.50. The van der Waals surface area contributed by atoms with Crippen molar-refractivity contribution in [3.8, 4) is 0 Å². The Morgan fingerprint density at radius 1 is 1.15 bits per heavy atom. The molecule has 0 unspecified atom stereocenters. The molecule has 20 heavy (non-hydrogen) atoms. The van der Waals surface area contributed by atoms with E-state index in [9.17, 15) is 14.4 Å². The topological polar surface area (TPSA) is 90.9 Å². The average Bonchev–Trinajstić information content (AvgIpc) is 2.34. The molecule has 0 aromatic carbocycles. The lowest BCUT2D eigenvalue weighted by Crippen LogP contribution is -2.45. The van der Waals surface area contributed by atoms with E-state index in [-0.39, 0.29) is 11.5 Å². The van der Waals surface area contributed by atoms with E-state index in [1.54, 1.807) is 20.8 Å². The van der Waals surface area contributed by atoms with Gasteiger partial charge >= 0.3 is 18.0 Å². The van der Waals surface area contributed by atoms with Gasteiger partial charge in [-0.25, -0.2) is 9.59 Å². The molecule has 0 aliphatic heterocycles. The molecule has 0 rings (SSSR count). The minimum absolute atomic E-state index is 0.0833. The number of carbonyl (C=O) groups is 3. The van der Waals surface area contributed by atoms with Crippen LogP contribution in [0.2, 0.25) is 0 Å². The molecule has 7 nitrogen and oxygen atoms in total. The molecule has 0 aliphatic rings. The highest BCUT2D eigenvalue weighted by atomic mass is 32.2. The van der Waals surface area contributed by atoms with E-state index in [4.69, 9.17) is 4.74 Å². The summed E-state index contributed by atoms with van der Waals surface area (Å²) in [6.45, 7) is 5.14. The van der Waals surface area contributed by atoms with Crippen molar-refractivity contribution in [2.45, 2.75) is 32.4 Å². The lowest BCUT2D eigenvalue weighted by atomic mass is 10.2. The number of amides is 1. The first kappa shape index (κ1) is 18.6. The van der Waals surface area contributed by atoms with Crippen molar-refractivity contribution in [2.24, 2.45) is 0 Å². The highest BCUT2D eigenvalue weighted by Gasteiger charge is 2.25. The van der Waals surface area contributed by atoms with Crippen LogP contribution in [0.1, 0.15) is 20.8 Å². The van der Waals surface area contributed by atoms with Gasteiger partial charge in [0.15, 0.2) is 0 Å². The van der Waals surface area contributed by atoms with Crippen molar-refractivity contribution in [3.05, 3.63) is 0 Å². The second-order valence-electron chi connectivity index (χ2n) is 4.81. The molecule has 0 spiro atoms. The van der Waals surface area contributed by atoms with Crippen molar-refractivity contribution in [1.82, 2.24) is 5.32 Å². The van der Waals surface area contributed by atoms with Crippen molar-refractivity contribution in [1.29, 1.82) is 0 Å².